The number of carbonyl (C=O) groups excluding carboxylic acids is 3. The van der Waals surface area contributed by atoms with Crippen molar-refractivity contribution in [2.45, 2.75) is 57.9 Å². The minimum atomic E-state index is -0.767. The van der Waals surface area contributed by atoms with Gasteiger partial charge in [-0.25, -0.2) is 9.59 Å². The van der Waals surface area contributed by atoms with Gasteiger partial charge in [-0.15, -0.1) is 0 Å². The highest BCUT2D eigenvalue weighted by atomic mass is 16.6. The molecular weight excluding hydrogens is 494 g/mol. The van der Waals surface area contributed by atoms with E-state index < -0.39 is 18.2 Å². The fourth-order valence-electron chi connectivity index (χ4n) is 3.98. The number of alkyl carbamates (subject to hydrolysis) is 2. The summed E-state index contributed by atoms with van der Waals surface area (Å²) in [7, 11) is 0. The number of nitrogens with one attached hydrogen (secondary N) is 3. The van der Waals surface area contributed by atoms with Gasteiger partial charge in [-0.05, 0) is 49.3 Å². The number of carbonyl (C=O) groups is 3. The highest BCUT2D eigenvalue weighted by Crippen LogP contribution is 2.07. The van der Waals surface area contributed by atoms with Crippen LogP contribution in [0.15, 0.2) is 91.0 Å². The van der Waals surface area contributed by atoms with Crippen LogP contribution in [0.2, 0.25) is 0 Å². The van der Waals surface area contributed by atoms with Crippen LogP contribution in [0.4, 0.5) is 9.59 Å². The molecule has 0 aliphatic rings. The minimum absolute atomic E-state index is 0.112. The van der Waals surface area contributed by atoms with Crippen molar-refractivity contribution in [1.82, 2.24) is 16.0 Å². The number of hydrogen-bond acceptors (Lipinski definition) is 5. The average Bonchev–Trinajstić information content (AvgIpc) is 2.95. The van der Waals surface area contributed by atoms with Crippen molar-refractivity contribution in [2.24, 2.45) is 0 Å². The number of rotatable bonds is 14. The zero-order chi connectivity index (χ0) is 27.7. The molecule has 0 saturated carbocycles. The number of ether oxygens (including phenoxy) is 2. The van der Waals surface area contributed by atoms with Crippen molar-refractivity contribution in [2.75, 3.05) is 6.54 Å². The van der Waals surface area contributed by atoms with E-state index in [2.05, 4.69) is 16.0 Å². The standard InChI is InChI=1S/C31H37N3O5/c1-24(21-25-13-5-2-6-14-25)33-29(35)28(34-31(37)39-23-27-17-9-4-10-18-27)19-11-12-20-32-30(36)38-22-26-15-7-3-8-16-26/h2-10,13-18,24,28H,11-12,19-23H2,1H3,(H,32,36)(H,33,35)(H,34,37). The van der Waals surface area contributed by atoms with Gasteiger partial charge in [-0.1, -0.05) is 91.0 Å². The summed E-state index contributed by atoms with van der Waals surface area (Å²) in [6.07, 6.45) is 1.13. The molecule has 0 aliphatic carbocycles. The number of unbranched alkanes of at least 4 members (excludes halogenated alkanes) is 1. The van der Waals surface area contributed by atoms with E-state index in [9.17, 15) is 14.4 Å². The lowest BCUT2D eigenvalue weighted by Gasteiger charge is -2.21. The fraction of sp³-hybridized carbons (Fsp3) is 0.323. The van der Waals surface area contributed by atoms with E-state index in [1.54, 1.807) is 0 Å². The third kappa shape index (κ3) is 11.7. The first-order valence-corrected chi connectivity index (χ1v) is 13.3. The molecule has 0 aliphatic heterocycles. The quantitative estimate of drug-likeness (QED) is 0.250. The van der Waals surface area contributed by atoms with Gasteiger partial charge in [0.2, 0.25) is 5.91 Å². The molecule has 0 bridgehead atoms. The average molecular weight is 532 g/mol. The lowest BCUT2D eigenvalue weighted by molar-refractivity contribution is -0.123. The molecule has 0 spiro atoms. The molecule has 8 nitrogen and oxygen atoms in total. The molecule has 39 heavy (non-hydrogen) atoms. The molecule has 206 valence electrons. The molecule has 0 fully saturated rings. The van der Waals surface area contributed by atoms with Gasteiger partial charge in [-0.3, -0.25) is 4.79 Å². The molecule has 0 aromatic heterocycles. The van der Waals surface area contributed by atoms with Crippen molar-refractivity contribution in [3.63, 3.8) is 0 Å². The van der Waals surface area contributed by atoms with Crippen LogP contribution in [0.5, 0.6) is 0 Å². The summed E-state index contributed by atoms with van der Waals surface area (Å²) in [5.74, 6) is -0.273. The van der Waals surface area contributed by atoms with Crippen LogP contribution in [0.25, 0.3) is 0 Å². The van der Waals surface area contributed by atoms with Gasteiger partial charge in [0.15, 0.2) is 0 Å². The van der Waals surface area contributed by atoms with Crippen LogP contribution in [-0.4, -0.2) is 36.7 Å². The third-order valence-corrected chi connectivity index (χ3v) is 6.00. The zero-order valence-corrected chi connectivity index (χ0v) is 22.3. The van der Waals surface area contributed by atoms with E-state index in [0.29, 0.717) is 32.2 Å². The Kier molecular flexibility index (Phi) is 12.4. The Morgan fingerprint density at radius 3 is 1.74 bits per heavy atom. The maximum atomic E-state index is 13.1. The number of amides is 3. The lowest BCUT2D eigenvalue weighted by atomic mass is 10.1. The Balaban J connectivity index is 1.44. The van der Waals surface area contributed by atoms with Gasteiger partial charge in [0, 0.05) is 12.6 Å². The van der Waals surface area contributed by atoms with Gasteiger partial charge in [0.1, 0.15) is 19.3 Å². The summed E-state index contributed by atoms with van der Waals surface area (Å²) in [4.78, 5) is 37.5. The molecule has 0 heterocycles. The summed E-state index contributed by atoms with van der Waals surface area (Å²) in [6.45, 7) is 2.64. The largest absolute Gasteiger partial charge is 0.445 e. The molecule has 3 aromatic rings. The predicted octanol–water partition coefficient (Wildman–Crippen LogP) is 5.13. The van der Waals surface area contributed by atoms with Gasteiger partial charge >= 0.3 is 12.2 Å². The van der Waals surface area contributed by atoms with E-state index in [1.165, 1.54) is 0 Å². The molecular formula is C31H37N3O5. The molecule has 0 radical (unpaired) electrons. The number of benzene rings is 3. The first kappa shape index (κ1) is 29.2. The highest BCUT2D eigenvalue weighted by Gasteiger charge is 2.22. The Morgan fingerprint density at radius 2 is 1.18 bits per heavy atom. The van der Waals surface area contributed by atoms with Crippen LogP contribution in [0.1, 0.15) is 42.9 Å². The minimum Gasteiger partial charge on any atom is -0.445 e. The van der Waals surface area contributed by atoms with Gasteiger partial charge in [-0.2, -0.15) is 0 Å². The maximum absolute atomic E-state index is 13.1. The van der Waals surface area contributed by atoms with Crippen LogP contribution in [0.3, 0.4) is 0 Å². The second-order valence-electron chi connectivity index (χ2n) is 9.34. The van der Waals surface area contributed by atoms with E-state index in [0.717, 1.165) is 16.7 Å². The normalized spacial score (nSPS) is 12.0. The molecule has 2 atom stereocenters. The van der Waals surface area contributed by atoms with Gasteiger partial charge in [0.25, 0.3) is 0 Å². The molecule has 3 amide bonds. The summed E-state index contributed by atoms with van der Waals surface area (Å²) in [5.41, 5.74) is 2.88. The molecule has 8 heteroatoms. The highest BCUT2D eigenvalue weighted by molar-refractivity contribution is 5.85. The van der Waals surface area contributed by atoms with E-state index >= 15 is 0 Å². The second-order valence-corrected chi connectivity index (χ2v) is 9.34. The maximum Gasteiger partial charge on any atom is 0.408 e. The monoisotopic (exact) mass is 531 g/mol. The molecule has 2 unspecified atom stereocenters. The third-order valence-electron chi connectivity index (χ3n) is 6.00. The van der Waals surface area contributed by atoms with Crippen molar-refractivity contribution in [3.05, 3.63) is 108 Å². The predicted molar refractivity (Wildman–Crippen MR) is 150 cm³/mol. The van der Waals surface area contributed by atoms with Crippen LogP contribution in [-0.2, 0) is 33.9 Å². The van der Waals surface area contributed by atoms with Crippen molar-refractivity contribution in [3.8, 4) is 0 Å². The number of hydrogen-bond donors (Lipinski definition) is 3. The molecule has 3 aromatic carbocycles. The van der Waals surface area contributed by atoms with Crippen molar-refractivity contribution < 1.29 is 23.9 Å². The van der Waals surface area contributed by atoms with Crippen LogP contribution < -0.4 is 16.0 Å². The molecule has 3 rings (SSSR count). The van der Waals surface area contributed by atoms with Gasteiger partial charge < -0.3 is 25.4 Å². The summed E-state index contributed by atoms with van der Waals surface area (Å²) in [5, 5.41) is 8.43. The lowest BCUT2D eigenvalue weighted by Crippen LogP contribution is -2.49. The topological polar surface area (TPSA) is 106 Å². The van der Waals surface area contributed by atoms with Crippen LogP contribution in [0, 0.1) is 0 Å². The first-order valence-electron chi connectivity index (χ1n) is 13.3. The van der Waals surface area contributed by atoms with E-state index in [4.69, 9.17) is 9.47 Å². The van der Waals surface area contributed by atoms with Crippen molar-refractivity contribution in [1.29, 1.82) is 0 Å². The summed E-state index contributed by atoms with van der Waals surface area (Å²) >= 11 is 0. The Bertz CT molecular complexity index is 1140. The summed E-state index contributed by atoms with van der Waals surface area (Å²) in [6, 6.07) is 27.8. The smallest absolute Gasteiger partial charge is 0.408 e. The molecule has 3 N–H and O–H groups in total. The fourth-order valence-corrected chi connectivity index (χ4v) is 3.98. The van der Waals surface area contributed by atoms with Crippen LogP contribution >= 0.6 is 0 Å². The Labute approximate surface area is 230 Å². The zero-order valence-electron chi connectivity index (χ0n) is 22.3. The van der Waals surface area contributed by atoms with Gasteiger partial charge in [0.05, 0.1) is 0 Å². The van der Waals surface area contributed by atoms with E-state index in [-0.39, 0.29) is 25.2 Å². The molecule has 0 saturated heterocycles. The second kappa shape index (κ2) is 16.5. The van der Waals surface area contributed by atoms with Crippen molar-refractivity contribution >= 4 is 18.1 Å². The Hall–Kier alpha value is -4.33. The SMILES string of the molecule is CC(Cc1ccccc1)NC(=O)C(CCCCNC(=O)OCc1ccccc1)NC(=O)OCc1ccccc1. The first-order chi connectivity index (χ1) is 19.0. The summed E-state index contributed by atoms with van der Waals surface area (Å²) < 4.78 is 10.5. The van der Waals surface area contributed by atoms with E-state index in [1.807, 2.05) is 97.9 Å². The Morgan fingerprint density at radius 1 is 0.667 bits per heavy atom.